The molecule has 0 radical (unpaired) electrons. The van der Waals surface area contributed by atoms with Gasteiger partial charge < -0.3 is 10.0 Å². The standard InChI is InChI=1S/C22H26N10O/c1-7-23-22(33)19-18(25-15-10-11-17(24-14(15)5)31(8-2)9-3)21-26-20(29-32(21)28-19)16-12-13(4)30(6)27-16/h10-12,22,33H,1,8-9H2,2-6H3/b25-18-. The van der Waals surface area contributed by atoms with Crippen LogP contribution in [0.1, 0.15) is 31.1 Å². The van der Waals surface area contributed by atoms with Crippen molar-refractivity contribution in [1.82, 2.24) is 29.6 Å². The maximum Gasteiger partial charge on any atom is 0.204 e. The summed E-state index contributed by atoms with van der Waals surface area (Å²) in [5, 5.41) is 23.7. The topological polar surface area (TPSA) is 122 Å². The molecule has 4 rings (SSSR count). The third kappa shape index (κ3) is 4.11. The van der Waals surface area contributed by atoms with Gasteiger partial charge in [0, 0.05) is 25.8 Å². The molecule has 3 aromatic rings. The number of aliphatic hydroxyl groups excluding tert-OH is 1. The highest BCUT2D eigenvalue weighted by Gasteiger charge is 2.32. The smallest absolute Gasteiger partial charge is 0.204 e. The summed E-state index contributed by atoms with van der Waals surface area (Å²) >= 11 is 0. The molecule has 0 fully saturated rings. The van der Waals surface area contributed by atoms with Crippen LogP contribution in [-0.4, -0.2) is 71.4 Å². The van der Waals surface area contributed by atoms with Crippen molar-refractivity contribution >= 4 is 28.8 Å². The number of rotatable bonds is 7. The van der Waals surface area contributed by atoms with Gasteiger partial charge in [-0.3, -0.25) is 4.68 Å². The first-order valence-corrected chi connectivity index (χ1v) is 10.6. The molecule has 4 heterocycles. The van der Waals surface area contributed by atoms with Crippen LogP contribution in [0.15, 0.2) is 39.9 Å². The molecule has 1 aliphatic heterocycles. The lowest BCUT2D eigenvalue weighted by Gasteiger charge is -2.20. The molecule has 11 heteroatoms. The third-order valence-electron chi connectivity index (χ3n) is 5.41. The number of hydrogen-bond donors (Lipinski definition) is 1. The monoisotopic (exact) mass is 446 g/mol. The van der Waals surface area contributed by atoms with Crippen LogP contribution in [0.2, 0.25) is 0 Å². The molecule has 0 amide bonds. The number of nitrogens with zero attached hydrogens (tertiary/aromatic N) is 10. The van der Waals surface area contributed by atoms with Gasteiger partial charge in [-0.15, -0.1) is 15.0 Å². The minimum Gasteiger partial charge on any atom is -0.366 e. The minimum atomic E-state index is -1.30. The van der Waals surface area contributed by atoms with Crippen molar-refractivity contribution < 1.29 is 5.11 Å². The molecule has 0 bridgehead atoms. The number of anilines is 1. The van der Waals surface area contributed by atoms with Gasteiger partial charge in [0.2, 0.25) is 17.9 Å². The van der Waals surface area contributed by atoms with E-state index in [0.29, 0.717) is 28.7 Å². The van der Waals surface area contributed by atoms with E-state index in [2.05, 4.69) is 56.5 Å². The second kappa shape index (κ2) is 8.89. The molecule has 3 aromatic heterocycles. The van der Waals surface area contributed by atoms with E-state index in [-0.39, 0.29) is 5.71 Å². The van der Waals surface area contributed by atoms with Crippen molar-refractivity contribution in [1.29, 1.82) is 0 Å². The highest BCUT2D eigenvalue weighted by atomic mass is 16.3. The molecule has 0 saturated heterocycles. The summed E-state index contributed by atoms with van der Waals surface area (Å²) in [5.74, 6) is 4.03. The van der Waals surface area contributed by atoms with Gasteiger partial charge >= 0.3 is 0 Å². The number of aryl methyl sites for hydroxylation is 3. The molecule has 33 heavy (non-hydrogen) atoms. The zero-order valence-electron chi connectivity index (χ0n) is 19.4. The molecular formula is C22H26N10O. The fraction of sp³-hybridized carbons (Fsp3) is 0.364. The van der Waals surface area contributed by atoms with E-state index in [0.717, 1.165) is 30.3 Å². The number of hydrogen-bond acceptors (Lipinski definition) is 9. The molecular weight excluding hydrogens is 420 g/mol. The summed E-state index contributed by atoms with van der Waals surface area (Å²) < 4.78 is 1.75. The second-order valence-corrected chi connectivity index (χ2v) is 7.50. The van der Waals surface area contributed by atoms with E-state index < -0.39 is 6.23 Å². The first-order valence-electron chi connectivity index (χ1n) is 10.6. The van der Waals surface area contributed by atoms with E-state index in [9.17, 15) is 5.11 Å². The maximum absolute atomic E-state index is 10.5. The van der Waals surface area contributed by atoms with Crippen molar-refractivity contribution in [3.8, 4) is 11.5 Å². The Kier molecular flexibility index (Phi) is 5.99. The van der Waals surface area contributed by atoms with Crippen LogP contribution in [-0.2, 0) is 7.05 Å². The Bertz CT molecular complexity index is 1290. The van der Waals surface area contributed by atoms with Gasteiger partial charge in [0.15, 0.2) is 0 Å². The number of fused-ring (bicyclic) bond motifs is 1. The van der Waals surface area contributed by atoms with Crippen molar-refractivity contribution in [3.63, 3.8) is 0 Å². The predicted molar refractivity (Wildman–Crippen MR) is 128 cm³/mol. The molecule has 1 unspecified atom stereocenters. The average molecular weight is 447 g/mol. The number of pyridine rings is 1. The largest absolute Gasteiger partial charge is 0.366 e. The second-order valence-electron chi connectivity index (χ2n) is 7.50. The van der Waals surface area contributed by atoms with Crippen LogP contribution in [0.25, 0.3) is 11.5 Å². The average Bonchev–Trinajstić information content (AvgIpc) is 3.44. The van der Waals surface area contributed by atoms with Crippen LogP contribution >= 0.6 is 0 Å². The predicted octanol–water partition coefficient (Wildman–Crippen LogP) is 2.05. The number of aromatic nitrogens is 6. The van der Waals surface area contributed by atoms with Gasteiger partial charge in [-0.25, -0.2) is 20.0 Å². The molecule has 1 atom stereocenters. The summed E-state index contributed by atoms with van der Waals surface area (Å²) in [6, 6.07) is 5.71. The molecule has 1 aliphatic rings. The van der Waals surface area contributed by atoms with Crippen molar-refractivity contribution in [3.05, 3.63) is 42.0 Å². The lowest BCUT2D eigenvalue weighted by Crippen LogP contribution is -2.25. The molecule has 0 spiro atoms. The van der Waals surface area contributed by atoms with E-state index in [4.69, 9.17) is 9.98 Å². The van der Waals surface area contributed by atoms with E-state index in [1.54, 1.807) is 4.68 Å². The van der Waals surface area contributed by atoms with Crippen molar-refractivity contribution in [2.24, 2.45) is 22.1 Å². The summed E-state index contributed by atoms with van der Waals surface area (Å²) in [5.41, 5.74) is 3.54. The lowest BCUT2D eigenvalue weighted by atomic mass is 10.2. The van der Waals surface area contributed by atoms with E-state index in [1.165, 1.54) is 4.79 Å². The Morgan fingerprint density at radius 2 is 1.94 bits per heavy atom. The Labute approximate surface area is 191 Å². The summed E-state index contributed by atoms with van der Waals surface area (Å²) in [7, 11) is 1.85. The van der Waals surface area contributed by atoms with Gasteiger partial charge in [0.05, 0.1) is 11.4 Å². The van der Waals surface area contributed by atoms with Crippen LogP contribution in [0, 0.1) is 13.8 Å². The summed E-state index contributed by atoms with van der Waals surface area (Å²) in [4.78, 5) is 21.4. The van der Waals surface area contributed by atoms with Crippen molar-refractivity contribution in [2.75, 3.05) is 18.0 Å². The molecule has 0 saturated carbocycles. The first-order chi connectivity index (χ1) is 15.9. The highest BCUT2D eigenvalue weighted by Crippen LogP contribution is 2.25. The molecule has 0 aromatic carbocycles. The maximum atomic E-state index is 10.5. The van der Waals surface area contributed by atoms with Gasteiger partial charge in [0.25, 0.3) is 0 Å². The number of aliphatic imine (C=N–C) groups is 2. The zero-order chi connectivity index (χ0) is 23.7. The Morgan fingerprint density at radius 3 is 2.55 bits per heavy atom. The van der Waals surface area contributed by atoms with Crippen LogP contribution in [0.4, 0.5) is 11.5 Å². The fourth-order valence-corrected chi connectivity index (χ4v) is 3.50. The third-order valence-corrected chi connectivity index (χ3v) is 5.41. The van der Waals surface area contributed by atoms with Crippen LogP contribution < -0.4 is 4.90 Å². The first kappa shape index (κ1) is 22.3. The summed E-state index contributed by atoms with van der Waals surface area (Å²) in [6.07, 6.45) is -1.30. The van der Waals surface area contributed by atoms with Gasteiger partial charge in [-0.1, -0.05) is 0 Å². The summed E-state index contributed by atoms with van der Waals surface area (Å²) in [6.45, 7) is 13.2. The quantitative estimate of drug-likeness (QED) is 0.554. The van der Waals surface area contributed by atoms with Gasteiger partial charge in [0.1, 0.15) is 22.9 Å². The Morgan fingerprint density at radius 1 is 1.18 bits per heavy atom. The fourth-order valence-electron chi connectivity index (χ4n) is 3.50. The Hall–Kier alpha value is -3.95. The molecule has 11 nitrogen and oxygen atoms in total. The SMILES string of the molecule is C=C=NC(O)C1=Nn2nc(-c3cc(C)n(C)n3)nc2/C1=N\c1ccc(N(CC)CC)nc1C. The van der Waals surface area contributed by atoms with E-state index in [1.807, 2.05) is 39.1 Å². The van der Waals surface area contributed by atoms with Gasteiger partial charge in [-0.2, -0.15) is 5.10 Å². The molecule has 170 valence electrons. The van der Waals surface area contributed by atoms with Crippen LogP contribution in [0.3, 0.4) is 0 Å². The lowest BCUT2D eigenvalue weighted by molar-refractivity contribution is 0.255. The highest BCUT2D eigenvalue weighted by molar-refractivity contribution is 6.50. The normalized spacial score (nSPS) is 14.7. The molecule has 0 aliphatic carbocycles. The van der Waals surface area contributed by atoms with Crippen LogP contribution in [0.5, 0.6) is 0 Å². The zero-order valence-corrected chi connectivity index (χ0v) is 19.4. The van der Waals surface area contributed by atoms with E-state index >= 15 is 0 Å². The minimum absolute atomic E-state index is 0.206. The number of aliphatic hydroxyl groups is 1. The van der Waals surface area contributed by atoms with Crippen molar-refractivity contribution in [2.45, 2.75) is 33.9 Å². The van der Waals surface area contributed by atoms with Gasteiger partial charge in [-0.05, 0) is 58.3 Å². The Balaban J connectivity index is 1.80. The molecule has 1 N–H and O–H groups in total.